The van der Waals surface area contributed by atoms with Crippen molar-refractivity contribution in [3.63, 3.8) is 0 Å². The summed E-state index contributed by atoms with van der Waals surface area (Å²) in [6.07, 6.45) is 7.97. The van der Waals surface area contributed by atoms with E-state index in [1.54, 1.807) is 34.9 Å². The molecule has 0 unspecified atom stereocenters. The normalized spacial score (nSPS) is 22.5. The summed E-state index contributed by atoms with van der Waals surface area (Å²) in [5.74, 6) is -0.497. The maximum atomic E-state index is 14.6. The SMILES string of the molecule is C=CCO[C@@]12Oc3ccc(OCCSc4ccccc4)cc3[C@H]3[C@H](CCCCO)[C@@H](CCCCO)C=C(C(=NOCc4ccccc4)C[C@@H]1N(Cc1ccc(F)cc1)C(=O)OCCCl)[C@H]32. The van der Waals surface area contributed by atoms with Crippen molar-refractivity contribution in [2.24, 2.45) is 22.9 Å². The van der Waals surface area contributed by atoms with E-state index >= 15 is 0 Å². The second-order valence-electron chi connectivity index (χ2n) is 16.6. The van der Waals surface area contributed by atoms with E-state index in [0.717, 1.165) is 48.1 Å². The molecule has 4 aromatic rings. The number of halogens is 2. The number of hydrogen-bond donors (Lipinski definition) is 2. The Labute approximate surface area is 391 Å². The van der Waals surface area contributed by atoms with Crippen molar-refractivity contribution in [3.05, 3.63) is 150 Å². The van der Waals surface area contributed by atoms with Gasteiger partial charge in [-0.15, -0.1) is 29.9 Å². The van der Waals surface area contributed by atoms with Crippen LogP contribution in [0.25, 0.3) is 0 Å². The molecule has 3 aliphatic rings. The number of alkyl halides is 1. The second kappa shape index (κ2) is 24.1. The van der Waals surface area contributed by atoms with Crippen LogP contribution >= 0.6 is 23.4 Å². The highest BCUT2D eigenvalue weighted by molar-refractivity contribution is 7.99. The summed E-state index contributed by atoms with van der Waals surface area (Å²) in [6.45, 7) is 4.99. The monoisotopic (exact) mass is 926 g/mol. The average molecular weight is 928 g/mol. The Bertz CT molecular complexity index is 2200. The van der Waals surface area contributed by atoms with E-state index in [-0.39, 0.29) is 69.6 Å². The van der Waals surface area contributed by atoms with Gasteiger partial charge >= 0.3 is 6.09 Å². The fourth-order valence-corrected chi connectivity index (χ4v) is 10.5. The summed E-state index contributed by atoms with van der Waals surface area (Å²) in [7, 11) is 0. The third-order valence-electron chi connectivity index (χ3n) is 12.4. The molecule has 2 aliphatic carbocycles. The first kappa shape index (κ1) is 48.1. The van der Waals surface area contributed by atoms with Gasteiger partial charge in [0, 0.05) is 48.3 Å². The Hall–Kier alpha value is -4.85. The van der Waals surface area contributed by atoms with Gasteiger partial charge in [-0.1, -0.05) is 90.8 Å². The topological polar surface area (TPSA) is 119 Å². The number of thioether (sulfide) groups is 1. The van der Waals surface area contributed by atoms with Crippen LogP contribution in [0, 0.1) is 23.6 Å². The van der Waals surface area contributed by atoms with Gasteiger partial charge in [-0.05, 0) is 96.7 Å². The highest BCUT2D eigenvalue weighted by Gasteiger charge is 2.65. The Morgan fingerprint density at radius 1 is 0.938 bits per heavy atom. The summed E-state index contributed by atoms with van der Waals surface area (Å²) in [6, 6.07) is 31.2. The van der Waals surface area contributed by atoms with Crippen LogP contribution < -0.4 is 9.47 Å². The summed E-state index contributed by atoms with van der Waals surface area (Å²) in [4.78, 5) is 23.5. The number of rotatable bonds is 24. The molecule has 10 nitrogen and oxygen atoms in total. The lowest BCUT2D eigenvalue weighted by Crippen LogP contribution is -2.70. The minimum atomic E-state index is -1.52. The van der Waals surface area contributed by atoms with Crippen LogP contribution in [0.4, 0.5) is 9.18 Å². The lowest BCUT2D eigenvalue weighted by atomic mass is 9.55. The molecule has 1 fully saturated rings. The molecule has 7 rings (SSSR count). The molecule has 0 radical (unpaired) electrons. The first-order valence-electron chi connectivity index (χ1n) is 22.7. The maximum Gasteiger partial charge on any atom is 0.410 e. The Kier molecular flexibility index (Phi) is 17.8. The van der Waals surface area contributed by atoms with Crippen LogP contribution in [0.5, 0.6) is 11.5 Å². The number of carbonyl (C=O) groups is 1. The molecule has 1 amide bonds. The van der Waals surface area contributed by atoms with Crippen molar-refractivity contribution in [1.82, 2.24) is 4.90 Å². The van der Waals surface area contributed by atoms with Gasteiger partial charge in [-0.3, -0.25) is 4.90 Å². The number of unbranched alkanes of at least 4 members (excludes halogenated alkanes) is 2. The minimum absolute atomic E-state index is 0.0196. The van der Waals surface area contributed by atoms with E-state index in [4.69, 9.17) is 40.5 Å². The van der Waals surface area contributed by atoms with Crippen LogP contribution in [0.3, 0.4) is 0 Å². The fraction of sp³-hybridized carbons (Fsp3) is 0.423. The number of amides is 1. The quantitative estimate of drug-likeness (QED) is 0.0233. The zero-order valence-corrected chi connectivity index (χ0v) is 38.4. The number of fused-ring (bicyclic) bond motifs is 2. The van der Waals surface area contributed by atoms with E-state index < -0.39 is 29.7 Å². The van der Waals surface area contributed by atoms with Crippen molar-refractivity contribution in [2.45, 2.75) is 80.7 Å². The van der Waals surface area contributed by atoms with Gasteiger partial charge in [-0.2, -0.15) is 0 Å². The van der Waals surface area contributed by atoms with Gasteiger partial charge in [0.05, 0.1) is 30.7 Å². The van der Waals surface area contributed by atoms with Crippen LogP contribution in [0.2, 0.25) is 0 Å². The number of hydrogen-bond acceptors (Lipinski definition) is 10. The molecule has 2 N–H and O–H groups in total. The molecule has 0 aromatic heterocycles. The average Bonchev–Trinajstić information content (AvgIpc) is 3.33. The highest BCUT2D eigenvalue weighted by Crippen LogP contribution is 2.62. The molecule has 0 spiro atoms. The summed E-state index contributed by atoms with van der Waals surface area (Å²) in [5, 5.41) is 24.9. The molecule has 6 atom stereocenters. The first-order chi connectivity index (χ1) is 31.9. The molecule has 1 aliphatic heterocycles. The minimum Gasteiger partial charge on any atom is -0.493 e. The van der Waals surface area contributed by atoms with E-state index in [9.17, 15) is 19.4 Å². The predicted molar refractivity (Wildman–Crippen MR) is 253 cm³/mol. The van der Waals surface area contributed by atoms with E-state index in [1.807, 2.05) is 60.7 Å². The molecular formula is C52H60ClFN2O8S. The van der Waals surface area contributed by atoms with E-state index in [1.165, 1.54) is 17.0 Å². The number of aliphatic hydroxyl groups excluding tert-OH is 2. The van der Waals surface area contributed by atoms with Crippen molar-refractivity contribution in [2.75, 3.05) is 44.7 Å². The molecule has 13 heteroatoms. The number of allylic oxidation sites excluding steroid dienone is 1. The standard InChI is InChI=1S/C52H60ClFN2O8S/c1-2-28-62-52-48(56(51(59)61-29-25-53)35-37-19-21-40(54)22-20-37)34-46(55-63-36-38-13-5-3-6-14-38)44-32-39(15-9-11-26-57)43(18-10-12-27-58)49(50(44)52)45-33-41(23-24-47(45)64-52)60-30-31-65-42-16-7-4-8-17-42/h2-8,13-14,16-17,19-24,32-33,39,43,48-50,57-58H,1,9-12,15,18,25-31,34-36H2/t39-,43+,48-,49+,50+,52+/m0/s1. The van der Waals surface area contributed by atoms with Crippen LogP contribution in [-0.4, -0.2) is 83.4 Å². The van der Waals surface area contributed by atoms with Crippen LogP contribution in [0.15, 0.2) is 137 Å². The van der Waals surface area contributed by atoms with E-state index in [0.29, 0.717) is 42.2 Å². The van der Waals surface area contributed by atoms with Gasteiger partial charge in [0.1, 0.15) is 36.6 Å². The number of ether oxygens (including phenoxy) is 4. The lowest BCUT2D eigenvalue weighted by Gasteiger charge is -2.59. The summed E-state index contributed by atoms with van der Waals surface area (Å²) in [5.41, 5.74) is 4.12. The van der Waals surface area contributed by atoms with Gasteiger partial charge in [0.25, 0.3) is 0 Å². The largest absolute Gasteiger partial charge is 0.493 e. The molecule has 1 heterocycles. The zero-order valence-electron chi connectivity index (χ0n) is 36.8. The third kappa shape index (κ3) is 11.9. The number of oxime groups is 1. The van der Waals surface area contributed by atoms with Gasteiger partial charge in [0.2, 0.25) is 5.79 Å². The number of carbonyl (C=O) groups excluding carboxylic acids is 1. The Morgan fingerprint density at radius 2 is 1.68 bits per heavy atom. The van der Waals surface area contributed by atoms with Crippen molar-refractivity contribution in [1.29, 1.82) is 0 Å². The molecule has 1 saturated carbocycles. The van der Waals surface area contributed by atoms with Gasteiger partial charge in [0.15, 0.2) is 0 Å². The molecule has 65 heavy (non-hydrogen) atoms. The molecule has 346 valence electrons. The Morgan fingerprint density at radius 3 is 2.40 bits per heavy atom. The van der Waals surface area contributed by atoms with Crippen LogP contribution in [-0.2, 0) is 27.5 Å². The van der Waals surface area contributed by atoms with Crippen LogP contribution in [0.1, 0.15) is 67.6 Å². The third-order valence-corrected chi connectivity index (χ3v) is 13.6. The lowest BCUT2D eigenvalue weighted by molar-refractivity contribution is -0.256. The number of benzene rings is 4. The summed E-state index contributed by atoms with van der Waals surface area (Å²) < 4.78 is 41.0. The number of aliphatic hydroxyl groups is 2. The summed E-state index contributed by atoms with van der Waals surface area (Å²) >= 11 is 7.83. The van der Waals surface area contributed by atoms with Gasteiger partial charge in [-0.25, -0.2) is 9.18 Å². The second-order valence-corrected chi connectivity index (χ2v) is 18.1. The Balaban J connectivity index is 1.39. The predicted octanol–water partition coefficient (Wildman–Crippen LogP) is 10.7. The van der Waals surface area contributed by atoms with Gasteiger partial charge < -0.3 is 34.0 Å². The molecule has 0 bridgehead atoms. The first-order valence-corrected chi connectivity index (χ1v) is 24.2. The molecule has 4 aromatic carbocycles. The zero-order chi connectivity index (χ0) is 45.4. The fourth-order valence-electron chi connectivity index (χ4n) is 9.63. The van der Waals surface area contributed by atoms with Crippen molar-refractivity contribution in [3.8, 4) is 11.5 Å². The van der Waals surface area contributed by atoms with Crippen molar-refractivity contribution < 1.29 is 43.2 Å². The molecule has 0 saturated heterocycles. The number of nitrogens with zero attached hydrogens (tertiary/aromatic N) is 2. The van der Waals surface area contributed by atoms with E-state index in [2.05, 4.69) is 30.9 Å². The highest BCUT2D eigenvalue weighted by atomic mass is 35.5. The van der Waals surface area contributed by atoms with Crippen molar-refractivity contribution >= 4 is 35.2 Å². The molecular weight excluding hydrogens is 867 g/mol. The maximum absolute atomic E-state index is 14.6. The smallest absolute Gasteiger partial charge is 0.410 e.